The number of ether oxygens (including phenoxy) is 2. The molecule has 0 fully saturated rings. The van der Waals surface area contributed by atoms with Gasteiger partial charge in [0.15, 0.2) is 6.61 Å². The van der Waals surface area contributed by atoms with Gasteiger partial charge in [-0.3, -0.25) is 4.79 Å². The zero-order chi connectivity index (χ0) is 17.7. The fourth-order valence-electron chi connectivity index (χ4n) is 2.35. The number of hydrogen-bond donors (Lipinski definition) is 1. The van der Waals surface area contributed by atoms with Gasteiger partial charge in [0, 0.05) is 5.56 Å². The van der Waals surface area contributed by atoms with Gasteiger partial charge in [0.05, 0.1) is 22.1 Å². The summed E-state index contributed by atoms with van der Waals surface area (Å²) in [5, 5.41) is 2.92. The van der Waals surface area contributed by atoms with Crippen LogP contribution < -0.4 is 14.8 Å². The SMILES string of the molecule is COc1ccccc1[C@H](C)NC(=O)COc1c(Br)cc(C)cc1Br. The van der Waals surface area contributed by atoms with Gasteiger partial charge in [0.2, 0.25) is 0 Å². The molecule has 0 aliphatic heterocycles. The van der Waals surface area contributed by atoms with Crippen molar-refractivity contribution in [3.63, 3.8) is 0 Å². The number of carbonyl (C=O) groups is 1. The van der Waals surface area contributed by atoms with Crippen LogP contribution >= 0.6 is 31.9 Å². The Kier molecular flexibility index (Phi) is 6.69. The predicted octanol–water partition coefficient (Wildman–Crippen LogP) is 4.78. The predicted molar refractivity (Wildman–Crippen MR) is 102 cm³/mol. The molecule has 128 valence electrons. The minimum Gasteiger partial charge on any atom is -0.496 e. The molecule has 0 saturated carbocycles. The van der Waals surface area contributed by atoms with Gasteiger partial charge in [-0.1, -0.05) is 18.2 Å². The van der Waals surface area contributed by atoms with E-state index in [-0.39, 0.29) is 18.6 Å². The maximum Gasteiger partial charge on any atom is 0.258 e. The number of halogens is 2. The van der Waals surface area contributed by atoms with Crippen molar-refractivity contribution in [3.8, 4) is 11.5 Å². The highest BCUT2D eigenvalue weighted by molar-refractivity contribution is 9.11. The van der Waals surface area contributed by atoms with E-state index in [0.29, 0.717) is 5.75 Å². The Hall–Kier alpha value is -1.53. The van der Waals surface area contributed by atoms with Crippen molar-refractivity contribution in [3.05, 3.63) is 56.5 Å². The number of methoxy groups -OCH3 is 1. The summed E-state index contributed by atoms with van der Waals surface area (Å²) < 4.78 is 12.6. The Morgan fingerprint density at radius 1 is 1.21 bits per heavy atom. The monoisotopic (exact) mass is 455 g/mol. The molecule has 2 aromatic carbocycles. The molecule has 0 aliphatic rings. The number of carbonyl (C=O) groups excluding carboxylic acids is 1. The lowest BCUT2D eigenvalue weighted by molar-refractivity contribution is -0.123. The van der Waals surface area contributed by atoms with Crippen LogP contribution in [0.3, 0.4) is 0 Å². The Morgan fingerprint density at radius 3 is 2.46 bits per heavy atom. The average Bonchev–Trinajstić information content (AvgIpc) is 2.53. The smallest absolute Gasteiger partial charge is 0.258 e. The molecule has 1 amide bonds. The first-order valence-corrected chi connectivity index (χ1v) is 9.01. The standard InChI is InChI=1S/C18H19Br2NO3/c1-11-8-14(19)18(15(20)9-11)24-10-17(22)21-12(2)13-6-4-5-7-16(13)23-3/h4-9,12H,10H2,1-3H3,(H,21,22)/t12-/m0/s1. The normalized spacial score (nSPS) is 11.7. The van der Waals surface area contributed by atoms with E-state index in [1.54, 1.807) is 7.11 Å². The van der Waals surface area contributed by atoms with Crippen molar-refractivity contribution in [2.75, 3.05) is 13.7 Å². The lowest BCUT2D eigenvalue weighted by Gasteiger charge is -2.18. The van der Waals surface area contributed by atoms with Gasteiger partial charge in [-0.25, -0.2) is 0 Å². The van der Waals surface area contributed by atoms with E-state index in [1.807, 2.05) is 50.2 Å². The first kappa shape index (κ1) is 18.8. The molecule has 0 saturated heterocycles. The quantitative estimate of drug-likeness (QED) is 0.680. The lowest BCUT2D eigenvalue weighted by atomic mass is 10.1. The van der Waals surface area contributed by atoms with Crippen LogP contribution in [0.5, 0.6) is 11.5 Å². The first-order valence-electron chi connectivity index (χ1n) is 7.43. The Labute approximate surface area is 158 Å². The highest BCUT2D eigenvalue weighted by Gasteiger charge is 2.15. The molecule has 0 unspecified atom stereocenters. The van der Waals surface area contributed by atoms with E-state index >= 15 is 0 Å². The molecule has 24 heavy (non-hydrogen) atoms. The van der Waals surface area contributed by atoms with Gasteiger partial charge in [-0.05, 0) is 69.5 Å². The number of benzene rings is 2. The molecule has 0 heterocycles. The van der Waals surface area contributed by atoms with Gasteiger partial charge in [-0.2, -0.15) is 0 Å². The second-order valence-corrected chi connectivity index (χ2v) is 7.09. The van der Waals surface area contributed by atoms with Gasteiger partial charge >= 0.3 is 0 Å². The Bertz CT molecular complexity index is 711. The maximum atomic E-state index is 12.2. The van der Waals surface area contributed by atoms with Crippen LogP contribution in [0, 0.1) is 6.92 Å². The molecule has 6 heteroatoms. The number of hydrogen-bond acceptors (Lipinski definition) is 3. The van der Waals surface area contributed by atoms with E-state index in [9.17, 15) is 4.79 Å². The molecule has 0 spiro atoms. The fraction of sp³-hybridized carbons (Fsp3) is 0.278. The van der Waals surface area contributed by atoms with Crippen molar-refractivity contribution in [2.45, 2.75) is 19.9 Å². The molecular weight excluding hydrogens is 438 g/mol. The number of amides is 1. The summed E-state index contributed by atoms with van der Waals surface area (Å²) in [5.74, 6) is 1.16. The average molecular weight is 457 g/mol. The van der Waals surface area contributed by atoms with Crippen LogP contribution in [-0.2, 0) is 4.79 Å². The second-order valence-electron chi connectivity index (χ2n) is 5.38. The molecule has 1 N–H and O–H groups in total. The van der Waals surface area contributed by atoms with Crippen LogP contribution in [0.4, 0.5) is 0 Å². The molecule has 1 atom stereocenters. The highest BCUT2D eigenvalue weighted by Crippen LogP contribution is 2.34. The molecule has 0 aromatic heterocycles. The van der Waals surface area contributed by atoms with Gasteiger partial charge in [0.25, 0.3) is 5.91 Å². The summed E-state index contributed by atoms with van der Waals surface area (Å²) in [4.78, 5) is 12.2. The highest BCUT2D eigenvalue weighted by atomic mass is 79.9. The van der Waals surface area contributed by atoms with Gasteiger partial charge < -0.3 is 14.8 Å². The fourth-order valence-corrected chi connectivity index (χ4v) is 3.99. The zero-order valence-corrected chi connectivity index (χ0v) is 16.9. The van der Waals surface area contributed by atoms with Crippen molar-refractivity contribution in [1.82, 2.24) is 5.32 Å². The first-order chi connectivity index (χ1) is 11.4. The Balaban J connectivity index is 1.99. The van der Waals surface area contributed by atoms with E-state index < -0.39 is 0 Å². The van der Waals surface area contributed by atoms with Crippen LogP contribution in [0.1, 0.15) is 24.1 Å². The number of para-hydroxylation sites is 1. The van der Waals surface area contributed by atoms with Crippen molar-refractivity contribution in [2.24, 2.45) is 0 Å². The van der Waals surface area contributed by atoms with Gasteiger partial charge in [0.1, 0.15) is 11.5 Å². The molecule has 4 nitrogen and oxygen atoms in total. The third-order valence-electron chi connectivity index (χ3n) is 3.47. The maximum absolute atomic E-state index is 12.2. The van der Waals surface area contributed by atoms with E-state index in [0.717, 1.165) is 25.8 Å². The molecule has 0 bridgehead atoms. The number of nitrogens with one attached hydrogen (secondary N) is 1. The van der Waals surface area contributed by atoms with Crippen molar-refractivity contribution < 1.29 is 14.3 Å². The molecule has 2 aromatic rings. The Morgan fingerprint density at radius 2 is 1.83 bits per heavy atom. The van der Waals surface area contributed by atoms with E-state index in [2.05, 4.69) is 37.2 Å². The second kappa shape index (κ2) is 8.53. The molecule has 2 rings (SSSR count). The van der Waals surface area contributed by atoms with Crippen LogP contribution in [0.25, 0.3) is 0 Å². The van der Waals surface area contributed by atoms with Crippen LogP contribution in [-0.4, -0.2) is 19.6 Å². The van der Waals surface area contributed by atoms with E-state index in [4.69, 9.17) is 9.47 Å². The summed E-state index contributed by atoms with van der Waals surface area (Å²) in [6, 6.07) is 11.3. The lowest BCUT2D eigenvalue weighted by Crippen LogP contribution is -2.31. The zero-order valence-electron chi connectivity index (χ0n) is 13.7. The molecule has 0 aliphatic carbocycles. The van der Waals surface area contributed by atoms with Crippen LogP contribution in [0.15, 0.2) is 45.3 Å². The number of rotatable bonds is 6. The van der Waals surface area contributed by atoms with Gasteiger partial charge in [-0.15, -0.1) is 0 Å². The minimum atomic E-state index is -0.201. The third kappa shape index (κ3) is 4.74. The topological polar surface area (TPSA) is 47.6 Å². The van der Waals surface area contributed by atoms with E-state index in [1.165, 1.54) is 0 Å². The summed E-state index contributed by atoms with van der Waals surface area (Å²) in [5.41, 5.74) is 2.02. The molecule has 0 radical (unpaired) electrons. The third-order valence-corrected chi connectivity index (χ3v) is 4.65. The summed E-state index contributed by atoms with van der Waals surface area (Å²) in [6.07, 6.45) is 0. The largest absolute Gasteiger partial charge is 0.496 e. The number of aryl methyl sites for hydroxylation is 1. The van der Waals surface area contributed by atoms with Crippen molar-refractivity contribution in [1.29, 1.82) is 0 Å². The summed E-state index contributed by atoms with van der Waals surface area (Å²) in [7, 11) is 1.61. The summed E-state index contributed by atoms with van der Waals surface area (Å²) >= 11 is 6.90. The van der Waals surface area contributed by atoms with Crippen molar-refractivity contribution >= 4 is 37.8 Å². The summed E-state index contributed by atoms with van der Waals surface area (Å²) in [6.45, 7) is 3.83. The minimum absolute atomic E-state index is 0.0697. The van der Waals surface area contributed by atoms with Crippen LogP contribution in [0.2, 0.25) is 0 Å². The molecular formula is C18H19Br2NO3.